The zero-order chi connectivity index (χ0) is 16.4. The zero-order valence-electron chi connectivity index (χ0n) is 14.3. The molecule has 142 valence electrons. The van der Waals surface area contributed by atoms with Gasteiger partial charge in [-0.3, -0.25) is 14.7 Å². The van der Waals surface area contributed by atoms with Gasteiger partial charge in [-0.25, -0.2) is 0 Å². The third-order valence-electron chi connectivity index (χ3n) is 4.81. The van der Waals surface area contributed by atoms with Crippen molar-refractivity contribution in [3.05, 3.63) is 36.3 Å². The standard InChI is InChI=1S/C17H21N5O2.2ClH/c23-17(15-11-16(24-20-15)13-1-4-18-5-2-13)22-8-3-14(12-22)21-9-6-19-7-10-21;;/h1-2,4-5,11,14,19H,3,6-10,12H2;2*1H. The van der Waals surface area contributed by atoms with Crippen LogP contribution in [0.25, 0.3) is 11.3 Å². The van der Waals surface area contributed by atoms with E-state index < -0.39 is 0 Å². The number of hydrogen-bond acceptors (Lipinski definition) is 6. The van der Waals surface area contributed by atoms with Crippen molar-refractivity contribution in [1.29, 1.82) is 0 Å². The summed E-state index contributed by atoms with van der Waals surface area (Å²) in [4.78, 5) is 21.0. The number of hydrogen-bond donors (Lipinski definition) is 1. The van der Waals surface area contributed by atoms with Gasteiger partial charge < -0.3 is 14.7 Å². The van der Waals surface area contributed by atoms with Crippen molar-refractivity contribution >= 4 is 30.7 Å². The molecule has 0 bridgehead atoms. The Morgan fingerprint density at radius 2 is 1.88 bits per heavy atom. The molecule has 2 fully saturated rings. The second kappa shape index (κ2) is 9.32. The summed E-state index contributed by atoms with van der Waals surface area (Å²) in [6, 6.07) is 5.86. The fraction of sp³-hybridized carbons (Fsp3) is 0.471. The van der Waals surface area contributed by atoms with Crippen LogP contribution < -0.4 is 5.32 Å². The largest absolute Gasteiger partial charge is 0.355 e. The molecule has 4 rings (SSSR count). The van der Waals surface area contributed by atoms with Gasteiger partial charge in [0.25, 0.3) is 5.91 Å². The molecule has 2 aromatic heterocycles. The van der Waals surface area contributed by atoms with E-state index in [4.69, 9.17) is 4.52 Å². The molecule has 1 N–H and O–H groups in total. The maximum atomic E-state index is 12.7. The van der Waals surface area contributed by atoms with Gasteiger partial charge in [-0.1, -0.05) is 5.16 Å². The topological polar surface area (TPSA) is 74.5 Å². The van der Waals surface area contributed by atoms with Gasteiger partial charge in [0.2, 0.25) is 0 Å². The van der Waals surface area contributed by atoms with Gasteiger partial charge in [-0.2, -0.15) is 0 Å². The third-order valence-corrected chi connectivity index (χ3v) is 4.81. The highest BCUT2D eigenvalue weighted by Gasteiger charge is 2.32. The molecule has 9 heteroatoms. The zero-order valence-corrected chi connectivity index (χ0v) is 16.0. The molecule has 2 aliphatic rings. The average Bonchev–Trinajstić information content (AvgIpc) is 3.33. The first-order valence-corrected chi connectivity index (χ1v) is 8.42. The Morgan fingerprint density at radius 3 is 2.62 bits per heavy atom. The van der Waals surface area contributed by atoms with Crippen molar-refractivity contribution < 1.29 is 9.32 Å². The Labute approximate surface area is 164 Å². The van der Waals surface area contributed by atoms with Crippen molar-refractivity contribution in [2.24, 2.45) is 0 Å². The molecule has 2 aromatic rings. The second-order valence-corrected chi connectivity index (χ2v) is 6.29. The van der Waals surface area contributed by atoms with Gasteiger partial charge in [-0.15, -0.1) is 24.8 Å². The van der Waals surface area contributed by atoms with Crippen molar-refractivity contribution in [3.63, 3.8) is 0 Å². The minimum absolute atomic E-state index is 0. The lowest BCUT2D eigenvalue weighted by Crippen LogP contribution is -2.49. The number of amides is 1. The number of nitrogens with zero attached hydrogens (tertiary/aromatic N) is 4. The number of likely N-dealkylation sites (tertiary alicyclic amines) is 1. The summed E-state index contributed by atoms with van der Waals surface area (Å²) in [6.45, 7) is 5.74. The van der Waals surface area contributed by atoms with Crippen LogP contribution >= 0.6 is 24.8 Å². The Balaban J connectivity index is 0.00000121. The minimum atomic E-state index is -0.0447. The molecule has 1 amide bonds. The molecule has 0 radical (unpaired) electrons. The first-order valence-electron chi connectivity index (χ1n) is 8.42. The molecule has 2 aliphatic heterocycles. The molecule has 1 atom stereocenters. The SMILES string of the molecule is Cl.Cl.O=C(c1cc(-c2ccncc2)on1)N1CCC(N2CCNCC2)C1. The summed E-state index contributed by atoms with van der Waals surface area (Å²) in [7, 11) is 0. The maximum absolute atomic E-state index is 12.7. The van der Waals surface area contributed by atoms with Gasteiger partial charge in [0.15, 0.2) is 11.5 Å². The van der Waals surface area contributed by atoms with Crippen LogP contribution in [0.15, 0.2) is 35.1 Å². The molecule has 0 spiro atoms. The number of rotatable bonds is 3. The molecule has 2 saturated heterocycles. The quantitative estimate of drug-likeness (QED) is 0.846. The molecule has 4 heterocycles. The normalized spacial score (nSPS) is 20.3. The third kappa shape index (κ3) is 4.35. The summed E-state index contributed by atoms with van der Waals surface area (Å²) in [6.07, 6.45) is 4.41. The molecule has 7 nitrogen and oxygen atoms in total. The van der Waals surface area contributed by atoms with E-state index in [9.17, 15) is 4.79 Å². The maximum Gasteiger partial charge on any atom is 0.276 e. The summed E-state index contributed by atoms with van der Waals surface area (Å²) in [5.41, 5.74) is 1.25. The molecule has 1 unspecified atom stereocenters. The number of carbonyl (C=O) groups excluding carboxylic acids is 1. The van der Waals surface area contributed by atoms with Crippen LogP contribution in [0.4, 0.5) is 0 Å². The van der Waals surface area contributed by atoms with E-state index >= 15 is 0 Å². The van der Waals surface area contributed by atoms with Crippen molar-refractivity contribution in [2.45, 2.75) is 12.5 Å². The fourth-order valence-electron chi connectivity index (χ4n) is 3.46. The molecule has 0 aliphatic carbocycles. The predicted octanol–water partition coefficient (Wildman–Crippen LogP) is 1.70. The lowest BCUT2D eigenvalue weighted by Gasteiger charge is -2.32. The summed E-state index contributed by atoms with van der Waals surface area (Å²) in [5.74, 6) is 0.551. The molecular weight excluding hydrogens is 377 g/mol. The van der Waals surface area contributed by atoms with Gasteiger partial charge >= 0.3 is 0 Å². The monoisotopic (exact) mass is 399 g/mol. The lowest BCUT2D eigenvalue weighted by molar-refractivity contribution is 0.0763. The van der Waals surface area contributed by atoms with Crippen molar-refractivity contribution in [3.8, 4) is 11.3 Å². The van der Waals surface area contributed by atoms with E-state index in [0.29, 0.717) is 17.5 Å². The highest BCUT2D eigenvalue weighted by Crippen LogP contribution is 2.22. The van der Waals surface area contributed by atoms with Crippen LogP contribution in [0.3, 0.4) is 0 Å². The van der Waals surface area contributed by atoms with E-state index in [-0.39, 0.29) is 30.7 Å². The van der Waals surface area contributed by atoms with E-state index in [1.807, 2.05) is 17.0 Å². The van der Waals surface area contributed by atoms with Crippen LogP contribution in [0.5, 0.6) is 0 Å². The molecular formula is C17H23Cl2N5O2. The van der Waals surface area contributed by atoms with Gasteiger partial charge in [-0.05, 0) is 18.6 Å². The van der Waals surface area contributed by atoms with E-state index in [0.717, 1.165) is 51.3 Å². The summed E-state index contributed by atoms with van der Waals surface area (Å²) >= 11 is 0. The molecule has 26 heavy (non-hydrogen) atoms. The first kappa shape index (κ1) is 20.6. The van der Waals surface area contributed by atoms with Crippen molar-refractivity contribution in [2.75, 3.05) is 39.3 Å². The van der Waals surface area contributed by atoms with E-state index in [1.54, 1.807) is 18.5 Å². The van der Waals surface area contributed by atoms with Crippen molar-refractivity contribution in [1.82, 2.24) is 25.3 Å². The number of piperazine rings is 1. The second-order valence-electron chi connectivity index (χ2n) is 6.29. The minimum Gasteiger partial charge on any atom is -0.355 e. The van der Waals surface area contributed by atoms with Gasteiger partial charge in [0.1, 0.15) is 0 Å². The smallest absolute Gasteiger partial charge is 0.276 e. The van der Waals surface area contributed by atoms with Crippen LogP contribution in [-0.2, 0) is 0 Å². The van der Waals surface area contributed by atoms with Crippen LogP contribution in [0.1, 0.15) is 16.9 Å². The van der Waals surface area contributed by atoms with Gasteiger partial charge in [0, 0.05) is 69.3 Å². The van der Waals surface area contributed by atoms with Crippen LogP contribution in [0.2, 0.25) is 0 Å². The average molecular weight is 400 g/mol. The number of carbonyl (C=O) groups is 1. The Kier molecular flexibility index (Phi) is 7.40. The Hall–Kier alpha value is -1.67. The predicted molar refractivity (Wildman–Crippen MR) is 103 cm³/mol. The van der Waals surface area contributed by atoms with Gasteiger partial charge in [0.05, 0.1) is 0 Å². The Bertz CT molecular complexity index is 706. The lowest BCUT2D eigenvalue weighted by atomic mass is 10.2. The fourth-order valence-corrected chi connectivity index (χ4v) is 3.46. The Morgan fingerprint density at radius 1 is 1.15 bits per heavy atom. The highest BCUT2D eigenvalue weighted by molar-refractivity contribution is 5.93. The first-order chi connectivity index (χ1) is 11.8. The number of halogens is 2. The number of aromatic nitrogens is 2. The number of nitrogens with one attached hydrogen (secondary N) is 1. The van der Waals surface area contributed by atoms with Crippen LogP contribution in [0, 0.1) is 0 Å². The highest BCUT2D eigenvalue weighted by atomic mass is 35.5. The summed E-state index contributed by atoms with van der Waals surface area (Å²) < 4.78 is 5.33. The molecule has 0 saturated carbocycles. The number of pyridine rings is 1. The van der Waals surface area contributed by atoms with E-state index in [1.165, 1.54) is 0 Å². The van der Waals surface area contributed by atoms with E-state index in [2.05, 4.69) is 20.4 Å². The van der Waals surface area contributed by atoms with Crippen LogP contribution in [-0.4, -0.2) is 71.2 Å². The summed E-state index contributed by atoms with van der Waals surface area (Å²) in [5, 5.41) is 7.33. The molecule has 0 aromatic carbocycles.